The summed E-state index contributed by atoms with van der Waals surface area (Å²) in [6.45, 7) is 3.14. The molecule has 0 bridgehead atoms. The third-order valence-electron chi connectivity index (χ3n) is 2.84. The molecule has 0 saturated heterocycles. The third-order valence-corrected chi connectivity index (χ3v) is 2.84. The maximum atomic E-state index is 5.67. The predicted octanol–water partition coefficient (Wildman–Crippen LogP) is 2.68. The highest BCUT2D eigenvalue weighted by Crippen LogP contribution is 2.14. The van der Waals surface area contributed by atoms with E-state index in [1.165, 1.54) is 5.56 Å². The smallest absolute Gasteiger partial charge is 0.130 e. The van der Waals surface area contributed by atoms with Gasteiger partial charge in [0.05, 0.1) is 5.69 Å². The molecule has 3 heteroatoms. The number of hydrogen-bond donors (Lipinski definition) is 1. The van der Waals surface area contributed by atoms with Gasteiger partial charge in [-0.05, 0) is 35.7 Å². The number of ether oxygens (including phenoxy) is 1. The summed E-state index contributed by atoms with van der Waals surface area (Å²) in [6, 6.07) is 12.1. The standard InChI is InChI=1S/C15H18N2O/c1-2-12-4-7-15(8-5-12)18-11-14-6-3-13(9-16)10-17-14/h3-8,10H,2,9,11,16H2,1H3. The van der Waals surface area contributed by atoms with Crippen molar-refractivity contribution < 1.29 is 4.74 Å². The van der Waals surface area contributed by atoms with E-state index in [9.17, 15) is 0 Å². The molecule has 0 aliphatic carbocycles. The van der Waals surface area contributed by atoms with E-state index in [0.29, 0.717) is 13.2 Å². The summed E-state index contributed by atoms with van der Waals surface area (Å²) in [5.74, 6) is 0.872. The first-order valence-electron chi connectivity index (χ1n) is 6.17. The Hall–Kier alpha value is -1.87. The lowest BCUT2D eigenvalue weighted by Gasteiger charge is -2.06. The van der Waals surface area contributed by atoms with Gasteiger partial charge in [-0.15, -0.1) is 0 Å². The summed E-state index contributed by atoms with van der Waals surface area (Å²) >= 11 is 0. The van der Waals surface area contributed by atoms with Crippen molar-refractivity contribution in [2.75, 3.05) is 0 Å². The highest BCUT2D eigenvalue weighted by atomic mass is 16.5. The second kappa shape index (κ2) is 6.17. The maximum absolute atomic E-state index is 5.67. The third kappa shape index (κ3) is 3.31. The van der Waals surface area contributed by atoms with Gasteiger partial charge in [0.2, 0.25) is 0 Å². The molecule has 0 atom stereocenters. The summed E-state index contributed by atoms with van der Waals surface area (Å²) in [7, 11) is 0. The van der Waals surface area contributed by atoms with Gasteiger partial charge in [0, 0.05) is 12.7 Å². The Labute approximate surface area is 108 Å². The summed E-state index contributed by atoms with van der Waals surface area (Å²) in [5, 5.41) is 0. The van der Waals surface area contributed by atoms with E-state index >= 15 is 0 Å². The molecule has 0 aliphatic rings. The molecule has 94 valence electrons. The number of aromatic nitrogens is 1. The molecule has 0 unspecified atom stereocenters. The van der Waals surface area contributed by atoms with Gasteiger partial charge in [-0.2, -0.15) is 0 Å². The summed E-state index contributed by atoms with van der Waals surface area (Å²) in [6.07, 6.45) is 2.83. The summed E-state index contributed by atoms with van der Waals surface area (Å²) < 4.78 is 5.67. The number of nitrogens with zero attached hydrogens (tertiary/aromatic N) is 1. The van der Waals surface area contributed by atoms with Gasteiger partial charge >= 0.3 is 0 Å². The van der Waals surface area contributed by atoms with E-state index in [0.717, 1.165) is 23.4 Å². The highest BCUT2D eigenvalue weighted by Gasteiger charge is 1.98. The minimum absolute atomic E-state index is 0.482. The first-order chi connectivity index (χ1) is 8.81. The quantitative estimate of drug-likeness (QED) is 0.877. The molecular weight excluding hydrogens is 224 g/mol. The number of nitrogens with two attached hydrogens (primary N) is 1. The number of hydrogen-bond acceptors (Lipinski definition) is 3. The number of benzene rings is 1. The molecule has 0 aliphatic heterocycles. The van der Waals surface area contributed by atoms with Crippen molar-refractivity contribution in [3.8, 4) is 5.75 Å². The van der Waals surface area contributed by atoms with Crippen LogP contribution in [0.5, 0.6) is 5.75 Å². The van der Waals surface area contributed by atoms with Crippen molar-refractivity contribution in [3.63, 3.8) is 0 Å². The Balaban J connectivity index is 1.93. The van der Waals surface area contributed by atoms with Crippen molar-refractivity contribution in [1.29, 1.82) is 0 Å². The molecule has 0 fully saturated rings. The number of rotatable bonds is 5. The maximum Gasteiger partial charge on any atom is 0.130 e. The SMILES string of the molecule is CCc1ccc(OCc2ccc(CN)cn2)cc1. The van der Waals surface area contributed by atoms with E-state index in [4.69, 9.17) is 10.5 Å². The second-order valence-electron chi connectivity index (χ2n) is 4.15. The lowest BCUT2D eigenvalue weighted by molar-refractivity contribution is 0.301. The van der Waals surface area contributed by atoms with Crippen molar-refractivity contribution in [2.45, 2.75) is 26.5 Å². The Morgan fingerprint density at radius 2 is 1.78 bits per heavy atom. The fourth-order valence-electron chi connectivity index (χ4n) is 1.64. The Morgan fingerprint density at radius 3 is 2.33 bits per heavy atom. The van der Waals surface area contributed by atoms with E-state index in [-0.39, 0.29) is 0 Å². The van der Waals surface area contributed by atoms with E-state index in [2.05, 4.69) is 24.0 Å². The second-order valence-corrected chi connectivity index (χ2v) is 4.15. The molecule has 2 aromatic rings. The summed E-state index contributed by atoms with van der Waals surface area (Å²) in [4.78, 5) is 4.29. The molecule has 2 rings (SSSR count). The van der Waals surface area contributed by atoms with Crippen molar-refractivity contribution in [2.24, 2.45) is 5.73 Å². The van der Waals surface area contributed by atoms with Gasteiger partial charge in [0.15, 0.2) is 0 Å². The molecular formula is C15H18N2O. The average Bonchev–Trinajstić information content (AvgIpc) is 2.46. The predicted molar refractivity (Wildman–Crippen MR) is 72.3 cm³/mol. The lowest BCUT2D eigenvalue weighted by Crippen LogP contribution is -2.01. The fourth-order valence-corrected chi connectivity index (χ4v) is 1.64. The van der Waals surface area contributed by atoms with E-state index in [1.54, 1.807) is 6.20 Å². The van der Waals surface area contributed by atoms with Gasteiger partial charge < -0.3 is 10.5 Å². The highest BCUT2D eigenvalue weighted by molar-refractivity contribution is 5.27. The average molecular weight is 242 g/mol. The zero-order valence-electron chi connectivity index (χ0n) is 10.6. The van der Waals surface area contributed by atoms with Crippen molar-refractivity contribution in [3.05, 3.63) is 59.4 Å². The number of aryl methyl sites for hydroxylation is 1. The zero-order chi connectivity index (χ0) is 12.8. The Bertz CT molecular complexity index is 429. The molecule has 1 aromatic heterocycles. The molecule has 2 N–H and O–H groups in total. The van der Waals surface area contributed by atoms with Crippen LogP contribution in [0.15, 0.2) is 42.6 Å². The minimum atomic E-state index is 0.482. The monoisotopic (exact) mass is 242 g/mol. The zero-order valence-corrected chi connectivity index (χ0v) is 10.6. The molecule has 0 radical (unpaired) electrons. The molecule has 1 heterocycles. The van der Waals surface area contributed by atoms with Crippen LogP contribution in [0, 0.1) is 0 Å². The van der Waals surface area contributed by atoms with Crippen LogP contribution in [-0.2, 0) is 19.6 Å². The Morgan fingerprint density at radius 1 is 1.06 bits per heavy atom. The first kappa shape index (κ1) is 12.6. The van der Waals surface area contributed by atoms with Crippen molar-refractivity contribution in [1.82, 2.24) is 4.98 Å². The molecule has 18 heavy (non-hydrogen) atoms. The normalized spacial score (nSPS) is 10.3. The van der Waals surface area contributed by atoms with Crippen LogP contribution < -0.4 is 10.5 Å². The lowest BCUT2D eigenvalue weighted by atomic mass is 10.2. The minimum Gasteiger partial charge on any atom is -0.487 e. The van der Waals surface area contributed by atoms with Crippen LogP contribution in [0.3, 0.4) is 0 Å². The van der Waals surface area contributed by atoms with Crippen LogP contribution >= 0.6 is 0 Å². The van der Waals surface area contributed by atoms with Crippen molar-refractivity contribution >= 4 is 0 Å². The van der Waals surface area contributed by atoms with Crippen LogP contribution in [0.4, 0.5) is 0 Å². The molecule has 0 amide bonds. The number of pyridine rings is 1. The first-order valence-corrected chi connectivity index (χ1v) is 6.17. The topological polar surface area (TPSA) is 48.1 Å². The fraction of sp³-hybridized carbons (Fsp3) is 0.267. The van der Waals surface area contributed by atoms with Gasteiger partial charge in [0.25, 0.3) is 0 Å². The van der Waals surface area contributed by atoms with Crippen LogP contribution in [0.2, 0.25) is 0 Å². The van der Waals surface area contributed by atoms with Gasteiger partial charge in [-0.25, -0.2) is 0 Å². The summed E-state index contributed by atoms with van der Waals surface area (Å²) in [5.41, 5.74) is 8.78. The van der Waals surface area contributed by atoms with Crippen LogP contribution in [-0.4, -0.2) is 4.98 Å². The largest absolute Gasteiger partial charge is 0.487 e. The van der Waals surface area contributed by atoms with Gasteiger partial charge in [0.1, 0.15) is 12.4 Å². The molecule has 0 spiro atoms. The van der Waals surface area contributed by atoms with Gasteiger partial charge in [-0.3, -0.25) is 4.98 Å². The Kier molecular flexibility index (Phi) is 4.31. The molecule has 0 saturated carbocycles. The van der Waals surface area contributed by atoms with Gasteiger partial charge in [-0.1, -0.05) is 25.1 Å². The van der Waals surface area contributed by atoms with Crippen LogP contribution in [0.25, 0.3) is 0 Å². The molecule has 3 nitrogen and oxygen atoms in total. The van der Waals surface area contributed by atoms with E-state index < -0.39 is 0 Å². The van der Waals surface area contributed by atoms with E-state index in [1.807, 2.05) is 24.3 Å². The van der Waals surface area contributed by atoms with Crippen LogP contribution in [0.1, 0.15) is 23.7 Å². The molecule has 1 aromatic carbocycles.